The fourth-order valence-electron chi connectivity index (χ4n) is 3.37. The van der Waals surface area contributed by atoms with E-state index in [0.717, 1.165) is 81.4 Å². The van der Waals surface area contributed by atoms with E-state index in [-0.39, 0.29) is 0 Å². The summed E-state index contributed by atoms with van der Waals surface area (Å²) in [6, 6.07) is 1.86. The van der Waals surface area contributed by atoms with Crippen LogP contribution in [0.1, 0.15) is 24.0 Å². The van der Waals surface area contributed by atoms with E-state index in [0.29, 0.717) is 0 Å². The Morgan fingerprint density at radius 3 is 2.66 bits per heavy atom. The maximum atomic E-state index is 4.81. The van der Waals surface area contributed by atoms with Crippen molar-refractivity contribution in [3.05, 3.63) is 34.5 Å². The van der Waals surface area contributed by atoms with Crippen LogP contribution in [0.25, 0.3) is 0 Å². The maximum absolute atomic E-state index is 4.81. The Balaban J connectivity index is 1.40. The summed E-state index contributed by atoms with van der Waals surface area (Å²) in [5.41, 5.74) is 1.10. The van der Waals surface area contributed by atoms with Crippen LogP contribution in [-0.2, 0) is 6.54 Å². The van der Waals surface area contributed by atoms with Crippen LogP contribution in [0.2, 0.25) is 0 Å². The summed E-state index contributed by atoms with van der Waals surface area (Å²) in [7, 11) is 2.07. The van der Waals surface area contributed by atoms with Crippen molar-refractivity contribution in [3.63, 3.8) is 0 Å². The van der Waals surface area contributed by atoms with Gasteiger partial charge in [0.05, 0.1) is 17.2 Å². The first kappa shape index (κ1) is 21.4. The van der Waals surface area contributed by atoms with Gasteiger partial charge in [0.1, 0.15) is 0 Å². The van der Waals surface area contributed by atoms with E-state index in [1.807, 2.05) is 13.0 Å². The van der Waals surface area contributed by atoms with Gasteiger partial charge in [0.15, 0.2) is 5.96 Å². The lowest BCUT2D eigenvalue weighted by atomic mass is 10.3. The number of piperazine rings is 1. The molecule has 1 saturated heterocycles. The molecule has 1 N–H and O–H groups in total. The third kappa shape index (κ3) is 6.64. The van der Waals surface area contributed by atoms with Gasteiger partial charge in [0.2, 0.25) is 5.95 Å². The molecule has 8 nitrogen and oxygen atoms in total. The van der Waals surface area contributed by atoms with Crippen molar-refractivity contribution < 1.29 is 0 Å². The Morgan fingerprint density at radius 2 is 2.00 bits per heavy atom. The summed E-state index contributed by atoms with van der Waals surface area (Å²) in [6.45, 7) is 11.7. The predicted molar refractivity (Wildman–Crippen MR) is 120 cm³/mol. The van der Waals surface area contributed by atoms with E-state index in [2.05, 4.69) is 54.3 Å². The van der Waals surface area contributed by atoms with Gasteiger partial charge in [-0.2, -0.15) is 0 Å². The molecular weight excluding hydrogens is 384 g/mol. The van der Waals surface area contributed by atoms with E-state index in [1.165, 1.54) is 0 Å². The first-order valence-electron chi connectivity index (χ1n) is 10.3. The number of nitrogens with one attached hydrogen (secondary N) is 1. The standard InChI is InChI=1S/C20H32N8S/c1-4-21-19(26(3)15-18-16-29-17(2)25-18)22-9-6-10-27-11-13-28(14-12-27)20-23-7-5-8-24-20/h5,7-8,16H,4,6,9-15H2,1-3H3,(H,21,22). The molecule has 9 heteroatoms. The van der Waals surface area contributed by atoms with Crippen LogP contribution < -0.4 is 10.2 Å². The van der Waals surface area contributed by atoms with Gasteiger partial charge in [0, 0.05) is 70.6 Å². The number of nitrogens with zero attached hydrogens (tertiary/aromatic N) is 7. The van der Waals surface area contributed by atoms with Crippen LogP contribution in [0, 0.1) is 6.92 Å². The van der Waals surface area contributed by atoms with E-state index in [1.54, 1.807) is 23.7 Å². The summed E-state index contributed by atoms with van der Waals surface area (Å²) in [6.07, 6.45) is 4.67. The highest BCUT2D eigenvalue weighted by atomic mass is 32.1. The van der Waals surface area contributed by atoms with Gasteiger partial charge in [-0.25, -0.2) is 15.0 Å². The fraction of sp³-hybridized carbons (Fsp3) is 0.600. The molecule has 2 aromatic heterocycles. The second kappa shape index (κ2) is 11.1. The van der Waals surface area contributed by atoms with Gasteiger partial charge in [-0.05, 0) is 26.3 Å². The first-order chi connectivity index (χ1) is 14.2. The minimum absolute atomic E-state index is 0.777. The van der Waals surface area contributed by atoms with E-state index in [4.69, 9.17) is 4.99 Å². The van der Waals surface area contributed by atoms with Crippen LogP contribution in [-0.4, -0.2) is 83.6 Å². The van der Waals surface area contributed by atoms with Gasteiger partial charge in [0.25, 0.3) is 0 Å². The van der Waals surface area contributed by atoms with E-state index in [9.17, 15) is 0 Å². The normalized spacial score (nSPS) is 15.6. The third-order valence-corrected chi connectivity index (χ3v) is 5.69. The minimum Gasteiger partial charge on any atom is -0.357 e. The topological polar surface area (TPSA) is 72.8 Å². The molecule has 0 aromatic carbocycles. The Kier molecular flexibility index (Phi) is 8.18. The minimum atomic E-state index is 0.777. The zero-order valence-corrected chi connectivity index (χ0v) is 18.5. The maximum Gasteiger partial charge on any atom is 0.225 e. The third-order valence-electron chi connectivity index (χ3n) is 4.86. The molecule has 29 heavy (non-hydrogen) atoms. The highest BCUT2D eigenvalue weighted by Gasteiger charge is 2.18. The molecule has 1 aliphatic heterocycles. The summed E-state index contributed by atoms with van der Waals surface area (Å²) in [4.78, 5) is 25.0. The quantitative estimate of drug-likeness (QED) is 0.400. The van der Waals surface area contributed by atoms with Crippen molar-refractivity contribution in [2.75, 3.05) is 57.8 Å². The molecular formula is C20H32N8S. The van der Waals surface area contributed by atoms with E-state index >= 15 is 0 Å². The molecule has 158 valence electrons. The Morgan fingerprint density at radius 1 is 1.24 bits per heavy atom. The highest BCUT2D eigenvalue weighted by Crippen LogP contribution is 2.11. The molecule has 3 rings (SSSR count). The summed E-state index contributed by atoms with van der Waals surface area (Å²) >= 11 is 1.69. The van der Waals surface area contributed by atoms with Gasteiger partial charge < -0.3 is 15.1 Å². The van der Waals surface area contributed by atoms with Gasteiger partial charge in [-0.1, -0.05) is 0 Å². The molecule has 0 radical (unpaired) electrons. The average molecular weight is 417 g/mol. The molecule has 0 aliphatic carbocycles. The molecule has 0 unspecified atom stereocenters. The van der Waals surface area contributed by atoms with Crippen molar-refractivity contribution in [1.29, 1.82) is 0 Å². The van der Waals surface area contributed by atoms with Crippen molar-refractivity contribution >= 4 is 23.2 Å². The second-order valence-corrected chi connectivity index (χ2v) is 8.24. The first-order valence-corrected chi connectivity index (χ1v) is 11.2. The van der Waals surface area contributed by atoms with Gasteiger partial charge in [-0.3, -0.25) is 9.89 Å². The summed E-state index contributed by atoms with van der Waals surface area (Å²) < 4.78 is 0. The number of rotatable bonds is 8. The largest absolute Gasteiger partial charge is 0.357 e. The summed E-state index contributed by atoms with van der Waals surface area (Å²) in [5.74, 6) is 1.79. The van der Waals surface area contributed by atoms with Crippen molar-refractivity contribution in [1.82, 2.24) is 30.1 Å². The SMILES string of the molecule is CCNC(=NCCCN1CCN(c2ncccn2)CC1)N(C)Cc1csc(C)n1. The monoisotopic (exact) mass is 416 g/mol. The number of hydrogen-bond acceptors (Lipinski definition) is 7. The fourth-order valence-corrected chi connectivity index (χ4v) is 3.98. The smallest absolute Gasteiger partial charge is 0.225 e. The van der Waals surface area contributed by atoms with Gasteiger partial charge in [-0.15, -0.1) is 11.3 Å². The van der Waals surface area contributed by atoms with Crippen LogP contribution in [0.15, 0.2) is 28.8 Å². The number of hydrogen-bond donors (Lipinski definition) is 1. The number of thiazole rings is 1. The predicted octanol–water partition coefficient (Wildman–Crippen LogP) is 1.85. The van der Waals surface area contributed by atoms with Crippen LogP contribution in [0.3, 0.4) is 0 Å². The van der Waals surface area contributed by atoms with Crippen molar-refractivity contribution in [2.45, 2.75) is 26.8 Å². The van der Waals surface area contributed by atoms with Crippen LogP contribution in [0.5, 0.6) is 0 Å². The Labute approximate surface area is 177 Å². The number of aliphatic imine (C=N–C) groups is 1. The number of aryl methyl sites for hydroxylation is 1. The molecule has 0 spiro atoms. The van der Waals surface area contributed by atoms with E-state index < -0.39 is 0 Å². The lowest BCUT2D eigenvalue weighted by Crippen LogP contribution is -2.47. The van der Waals surface area contributed by atoms with Crippen molar-refractivity contribution in [2.24, 2.45) is 4.99 Å². The molecule has 0 atom stereocenters. The van der Waals surface area contributed by atoms with Crippen molar-refractivity contribution in [3.8, 4) is 0 Å². The summed E-state index contributed by atoms with van der Waals surface area (Å²) in [5, 5.41) is 6.62. The zero-order chi connectivity index (χ0) is 20.5. The highest BCUT2D eigenvalue weighted by molar-refractivity contribution is 7.09. The number of anilines is 1. The zero-order valence-electron chi connectivity index (χ0n) is 17.7. The van der Waals surface area contributed by atoms with Crippen LogP contribution >= 0.6 is 11.3 Å². The van der Waals surface area contributed by atoms with Gasteiger partial charge >= 0.3 is 0 Å². The lowest BCUT2D eigenvalue weighted by molar-refractivity contribution is 0.255. The molecule has 0 amide bonds. The molecule has 1 fully saturated rings. The molecule has 1 aliphatic rings. The lowest BCUT2D eigenvalue weighted by Gasteiger charge is -2.34. The Bertz CT molecular complexity index is 755. The Hall–Kier alpha value is -2.26. The number of guanidine groups is 1. The molecule has 0 bridgehead atoms. The molecule has 2 aromatic rings. The molecule has 0 saturated carbocycles. The van der Waals surface area contributed by atoms with Crippen LogP contribution in [0.4, 0.5) is 5.95 Å². The average Bonchev–Trinajstić information content (AvgIpc) is 3.16. The number of aromatic nitrogens is 3. The molecule has 3 heterocycles. The second-order valence-electron chi connectivity index (χ2n) is 7.18.